The van der Waals surface area contributed by atoms with E-state index in [-0.39, 0.29) is 30.2 Å². The Bertz CT molecular complexity index is 822. The van der Waals surface area contributed by atoms with E-state index in [1.807, 2.05) is 13.8 Å². The molecule has 8 nitrogen and oxygen atoms in total. The van der Waals surface area contributed by atoms with Gasteiger partial charge in [-0.1, -0.05) is 64.5 Å². The smallest absolute Gasteiger partial charge is 0.408 e. The lowest BCUT2D eigenvalue weighted by molar-refractivity contribution is -0.140. The van der Waals surface area contributed by atoms with E-state index in [4.69, 9.17) is 4.74 Å². The second kappa shape index (κ2) is 16.1. The van der Waals surface area contributed by atoms with E-state index in [2.05, 4.69) is 17.6 Å². The van der Waals surface area contributed by atoms with Gasteiger partial charge >= 0.3 is 6.09 Å². The van der Waals surface area contributed by atoms with Gasteiger partial charge in [0.2, 0.25) is 11.8 Å². The third-order valence-corrected chi connectivity index (χ3v) is 5.71. The van der Waals surface area contributed by atoms with E-state index >= 15 is 0 Å². The van der Waals surface area contributed by atoms with Crippen LogP contribution in [-0.4, -0.2) is 52.6 Å². The molecular formula is C28H47N3O5. The zero-order valence-electron chi connectivity index (χ0n) is 23.1. The monoisotopic (exact) mass is 505 g/mol. The molecule has 0 heterocycles. The van der Waals surface area contributed by atoms with Gasteiger partial charge in [0, 0.05) is 12.6 Å². The fourth-order valence-corrected chi connectivity index (χ4v) is 4.02. The molecule has 0 saturated carbocycles. The number of amides is 3. The number of nitrogens with zero attached hydrogens (tertiary/aromatic N) is 1. The summed E-state index contributed by atoms with van der Waals surface area (Å²) in [4.78, 5) is 40.6. The molecule has 2 unspecified atom stereocenters. The maximum absolute atomic E-state index is 13.5. The van der Waals surface area contributed by atoms with Gasteiger partial charge in [-0.15, -0.1) is 0 Å². The van der Waals surface area contributed by atoms with E-state index in [0.717, 1.165) is 44.9 Å². The molecule has 1 aromatic carbocycles. The summed E-state index contributed by atoms with van der Waals surface area (Å²) in [5.74, 6) is -0.676. The molecule has 0 aliphatic carbocycles. The number of benzene rings is 1. The maximum atomic E-state index is 13.5. The Hall–Kier alpha value is -2.77. The number of hydrogen-bond acceptors (Lipinski definition) is 5. The number of alkyl carbamates (subject to hydrolysis) is 1. The fourth-order valence-electron chi connectivity index (χ4n) is 4.02. The number of nitrogens with one attached hydrogen (secondary N) is 2. The molecule has 36 heavy (non-hydrogen) atoms. The number of phenolic OH excluding ortho intramolecular Hbond substituents is 1. The Morgan fingerprint density at radius 3 is 2.31 bits per heavy atom. The second-order valence-corrected chi connectivity index (χ2v) is 10.4. The molecule has 3 N–H and O–H groups in total. The molecule has 0 bridgehead atoms. The first-order valence-corrected chi connectivity index (χ1v) is 13.3. The van der Waals surface area contributed by atoms with Crippen LogP contribution in [0, 0.1) is 0 Å². The van der Waals surface area contributed by atoms with Crippen molar-refractivity contribution in [1.29, 1.82) is 0 Å². The van der Waals surface area contributed by atoms with E-state index in [9.17, 15) is 19.5 Å². The molecule has 0 spiro atoms. The number of rotatable bonds is 15. The van der Waals surface area contributed by atoms with E-state index < -0.39 is 17.7 Å². The topological polar surface area (TPSA) is 108 Å². The van der Waals surface area contributed by atoms with Crippen LogP contribution in [0.3, 0.4) is 0 Å². The first-order chi connectivity index (χ1) is 17.0. The number of carbonyl (C=O) groups is 3. The lowest BCUT2D eigenvalue weighted by Gasteiger charge is -2.32. The zero-order chi connectivity index (χ0) is 27.1. The summed E-state index contributed by atoms with van der Waals surface area (Å²) in [6.45, 7) is 11.5. The maximum Gasteiger partial charge on any atom is 0.408 e. The van der Waals surface area contributed by atoms with Crippen molar-refractivity contribution in [2.45, 2.75) is 111 Å². The highest BCUT2D eigenvalue weighted by Gasteiger charge is 2.32. The molecule has 3 amide bonds. The SMILES string of the molecule is CCCCCCCCN(C(=O)CNC(=O)OC(C)(C)C)C(C(=O)NC(C)CCC)c1cccc(O)c1. The van der Waals surface area contributed by atoms with Gasteiger partial charge in [-0.25, -0.2) is 4.79 Å². The highest BCUT2D eigenvalue weighted by Crippen LogP contribution is 2.26. The molecule has 2 atom stereocenters. The first kappa shape index (κ1) is 31.3. The van der Waals surface area contributed by atoms with Gasteiger partial charge in [-0.2, -0.15) is 0 Å². The van der Waals surface area contributed by atoms with Crippen molar-refractivity contribution in [2.24, 2.45) is 0 Å². The number of unbranched alkanes of at least 4 members (excludes halogenated alkanes) is 5. The summed E-state index contributed by atoms with van der Waals surface area (Å²) < 4.78 is 5.26. The minimum absolute atomic E-state index is 0.0192. The van der Waals surface area contributed by atoms with Gasteiger partial charge in [-0.05, 0) is 58.2 Å². The van der Waals surface area contributed by atoms with Crippen molar-refractivity contribution < 1.29 is 24.2 Å². The van der Waals surface area contributed by atoms with E-state index in [1.165, 1.54) is 23.5 Å². The molecule has 0 radical (unpaired) electrons. The number of phenols is 1. The summed E-state index contributed by atoms with van der Waals surface area (Å²) >= 11 is 0. The van der Waals surface area contributed by atoms with Gasteiger partial charge in [0.25, 0.3) is 0 Å². The summed E-state index contributed by atoms with van der Waals surface area (Å²) in [5, 5.41) is 15.6. The molecular weight excluding hydrogens is 458 g/mol. The highest BCUT2D eigenvalue weighted by atomic mass is 16.6. The van der Waals surface area contributed by atoms with E-state index in [0.29, 0.717) is 12.1 Å². The van der Waals surface area contributed by atoms with Crippen LogP contribution in [0.2, 0.25) is 0 Å². The van der Waals surface area contributed by atoms with E-state index in [1.54, 1.807) is 32.9 Å². The third-order valence-electron chi connectivity index (χ3n) is 5.71. The summed E-state index contributed by atoms with van der Waals surface area (Å²) in [7, 11) is 0. The Morgan fingerprint density at radius 2 is 1.69 bits per heavy atom. The van der Waals surface area contributed by atoms with Gasteiger partial charge < -0.3 is 25.4 Å². The van der Waals surface area contributed by atoms with Crippen LogP contribution in [0.1, 0.15) is 105 Å². The summed E-state index contributed by atoms with van der Waals surface area (Å²) in [6.07, 6.45) is 7.22. The number of ether oxygens (including phenoxy) is 1. The van der Waals surface area contributed by atoms with Gasteiger partial charge in [0.05, 0.1) is 0 Å². The van der Waals surface area contributed by atoms with Crippen molar-refractivity contribution in [2.75, 3.05) is 13.1 Å². The average molecular weight is 506 g/mol. The fraction of sp³-hybridized carbons (Fsp3) is 0.679. The Balaban J connectivity index is 3.16. The molecule has 8 heteroatoms. The van der Waals surface area contributed by atoms with Gasteiger partial charge in [0.1, 0.15) is 23.9 Å². The summed E-state index contributed by atoms with van der Waals surface area (Å²) in [5.41, 5.74) is -0.169. The molecule has 1 aromatic rings. The second-order valence-electron chi connectivity index (χ2n) is 10.4. The molecule has 0 aromatic heterocycles. The van der Waals surface area contributed by atoms with Crippen molar-refractivity contribution in [3.8, 4) is 5.75 Å². The molecule has 0 fully saturated rings. The zero-order valence-corrected chi connectivity index (χ0v) is 23.1. The molecule has 0 aliphatic heterocycles. The third kappa shape index (κ3) is 12.3. The average Bonchev–Trinajstić information content (AvgIpc) is 2.77. The minimum Gasteiger partial charge on any atom is -0.508 e. The molecule has 1 rings (SSSR count). The molecule has 0 aliphatic rings. The van der Waals surface area contributed by atoms with Crippen LogP contribution in [0.25, 0.3) is 0 Å². The van der Waals surface area contributed by atoms with Crippen LogP contribution in [-0.2, 0) is 14.3 Å². The quantitative estimate of drug-likeness (QED) is 0.275. The van der Waals surface area contributed by atoms with Crippen molar-refractivity contribution in [3.63, 3.8) is 0 Å². The largest absolute Gasteiger partial charge is 0.508 e. The Kier molecular flexibility index (Phi) is 14.0. The standard InChI is InChI=1S/C28H47N3O5/c1-7-9-10-11-12-13-18-31(24(33)20-29-27(35)36-28(4,5)6)25(22-16-14-17-23(32)19-22)26(34)30-21(3)15-8-2/h14,16-17,19,21,25,32H,7-13,15,18,20H2,1-6H3,(H,29,35)(H,30,34). The normalized spacial score (nSPS) is 12.9. The lowest BCUT2D eigenvalue weighted by atomic mass is 10.0. The van der Waals surface area contributed by atoms with Crippen LogP contribution >= 0.6 is 0 Å². The first-order valence-electron chi connectivity index (χ1n) is 13.3. The Morgan fingerprint density at radius 1 is 1.03 bits per heavy atom. The Labute approximate surface area is 217 Å². The van der Waals surface area contributed by atoms with Gasteiger partial charge in [0.15, 0.2) is 0 Å². The summed E-state index contributed by atoms with van der Waals surface area (Å²) in [6, 6.07) is 5.44. The van der Waals surface area contributed by atoms with Crippen molar-refractivity contribution >= 4 is 17.9 Å². The van der Waals surface area contributed by atoms with Crippen LogP contribution in [0.5, 0.6) is 5.75 Å². The number of hydrogen-bond donors (Lipinski definition) is 3. The van der Waals surface area contributed by atoms with Crippen LogP contribution in [0.4, 0.5) is 4.79 Å². The van der Waals surface area contributed by atoms with Crippen LogP contribution < -0.4 is 10.6 Å². The number of carbonyl (C=O) groups excluding carboxylic acids is 3. The van der Waals surface area contributed by atoms with Gasteiger partial charge in [-0.3, -0.25) is 9.59 Å². The minimum atomic E-state index is -0.931. The molecule has 0 saturated heterocycles. The van der Waals surface area contributed by atoms with Crippen molar-refractivity contribution in [3.05, 3.63) is 29.8 Å². The predicted molar refractivity (Wildman–Crippen MR) is 143 cm³/mol. The van der Waals surface area contributed by atoms with Crippen LogP contribution in [0.15, 0.2) is 24.3 Å². The van der Waals surface area contributed by atoms with Crippen molar-refractivity contribution in [1.82, 2.24) is 15.5 Å². The number of aromatic hydroxyl groups is 1. The lowest BCUT2D eigenvalue weighted by Crippen LogP contribution is -2.49. The molecule has 204 valence electrons. The predicted octanol–water partition coefficient (Wildman–Crippen LogP) is 5.45. The highest BCUT2D eigenvalue weighted by molar-refractivity contribution is 5.90.